The molecule has 3 heteroatoms. The summed E-state index contributed by atoms with van der Waals surface area (Å²) in [5.74, 6) is 0. The van der Waals surface area contributed by atoms with Crippen molar-refractivity contribution in [2.75, 3.05) is 6.54 Å². The second kappa shape index (κ2) is 4.80. The Kier molecular flexibility index (Phi) is 5.25. The van der Waals surface area contributed by atoms with Crippen molar-refractivity contribution in [3.05, 3.63) is 0 Å². The van der Waals surface area contributed by atoms with E-state index in [4.69, 9.17) is 10.8 Å². The third kappa shape index (κ3) is 6.65. The highest BCUT2D eigenvalue weighted by Gasteiger charge is 1.92. The van der Waals surface area contributed by atoms with Gasteiger partial charge >= 0.3 is 0 Å². The summed E-state index contributed by atoms with van der Waals surface area (Å²) >= 11 is 1.97. The minimum atomic E-state index is -0.207. The SMILES string of the molecule is NCCCC(O)I. The Morgan fingerprint density at radius 1 is 1.71 bits per heavy atom. The van der Waals surface area contributed by atoms with Crippen LogP contribution in [0.1, 0.15) is 12.8 Å². The molecule has 1 atom stereocenters. The van der Waals surface area contributed by atoms with E-state index in [9.17, 15) is 0 Å². The van der Waals surface area contributed by atoms with E-state index in [1.807, 2.05) is 22.6 Å². The van der Waals surface area contributed by atoms with Crippen LogP contribution < -0.4 is 5.73 Å². The molecule has 0 aliphatic carbocycles. The van der Waals surface area contributed by atoms with E-state index in [0.29, 0.717) is 6.54 Å². The molecule has 0 aliphatic heterocycles. The summed E-state index contributed by atoms with van der Waals surface area (Å²) in [5.41, 5.74) is 5.16. The van der Waals surface area contributed by atoms with Gasteiger partial charge in [-0.25, -0.2) is 0 Å². The molecule has 0 fully saturated rings. The van der Waals surface area contributed by atoms with Crippen LogP contribution in [0.2, 0.25) is 0 Å². The molecule has 0 saturated heterocycles. The number of nitrogens with two attached hydrogens (primary N) is 1. The second-order valence-corrected chi connectivity index (χ2v) is 2.80. The first-order chi connectivity index (χ1) is 3.27. The number of hydrogen-bond donors (Lipinski definition) is 2. The molecule has 0 amide bonds. The van der Waals surface area contributed by atoms with E-state index >= 15 is 0 Å². The fourth-order valence-corrected chi connectivity index (χ4v) is 0.727. The molecule has 0 spiro atoms. The fourth-order valence-electron chi connectivity index (χ4n) is 0.286. The van der Waals surface area contributed by atoms with Crippen LogP contribution in [0.5, 0.6) is 0 Å². The van der Waals surface area contributed by atoms with E-state index in [2.05, 4.69) is 0 Å². The van der Waals surface area contributed by atoms with E-state index in [0.717, 1.165) is 12.8 Å². The van der Waals surface area contributed by atoms with Gasteiger partial charge in [-0.2, -0.15) is 0 Å². The molecule has 1 unspecified atom stereocenters. The predicted octanol–water partition coefficient (Wildman–Crippen LogP) is 0.479. The lowest BCUT2D eigenvalue weighted by Crippen LogP contribution is -2.02. The fraction of sp³-hybridized carbons (Fsp3) is 1.00. The summed E-state index contributed by atoms with van der Waals surface area (Å²) in [7, 11) is 0. The molecule has 44 valence electrons. The van der Waals surface area contributed by atoms with Crippen molar-refractivity contribution in [1.82, 2.24) is 0 Å². The smallest absolute Gasteiger partial charge is 0.105 e. The number of alkyl halides is 1. The molecule has 2 nitrogen and oxygen atoms in total. The maximum atomic E-state index is 8.61. The van der Waals surface area contributed by atoms with Crippen LogP contribution in [0.4, 0.5) is 0 Å². The van der Waals surface area contributed by atoms with Crippen molar-refractivity contribution in [1.29, 1.82) is 0 Å². The van der Waals surface area contributed by atoms with Crippen molar-refractivity contribution >= 4 is 22.6 Å². The summed E-state index contributed by atoms with van der Waals surface area (Å²) < 4.78 is -0.207. The van der Waals surface area contributed by atoms with Crippen LogP contribution >= 0.6 is 22.6 Å². The lowest BCUT2D eigenvalue weighted by Gasteiger charge is -1.96. The van der Waals surface area contributed by atoms with Crippen LogP contribution in [-0.2, 0) is 0 Å². The molecule has 0 aliphatic rings. The van der Waals surface area contributed by atoms with Crippen LogP contribution in [0.15, 0.2) is 0 Å². The molecular formula is C4H10INO. The Hall–Kier alpha value is 0.650. The number of hydrogen-bond acceptors (Lipinski definition) is 2. The van der Waals surface area contributed by atoms with E-state index in [1.54, 1.807) is 0 Å². The lowest BCUT2D eigenvalue weighted by molar-refractivity contribution is 0.266. The zero-order valence-corrected chi connectivity index (χ0v) is 6.26. The second-order valence-electron chi connectivity index (χ2n) is 1.37. The largest absolute Gasteiger partial charge is 0.383 e. The highest BCUT2D eigenvalue weighted by molar-refractivity contribution is 14.1. The minimum Gasteiger partial charge on any atom is -0.383 e. The van der Waals surface area contributed by atoms with Gasteiger partial charge in [-0.15, -0.1) is 0 Å². The molecule has 7 heavy (non-hydrogen) atoms. The van der Waals surface area contributed by atoms with Crippen molar-refractivity contribution in [2.24, 2.45) is 5.73 Å². The topological polar surface area (TPSA) is 46.2 Å². The highest BCUT2D eigenvalue weighted by atomic mass is 127. The van der Waals surface area contributed by atoms with Gasteiger partial charge in [0, 0.05) is 0 Å². The summed E-state index contributed by atoms with van der Waals surface area (Å²) in [5, 5.41) is 8.61. The van der Waals surface area contributed by atoms with Gasteiger partial charge in [-0.05, 0) is 19.4 Å². The Balaban J connectivity index is 2.68. The molecule has 0 saturated carbocycles. The monoisotopic (exact) mass is 215 g/mol. The standard InChI is InChI=1S/C4H10INO/c5-4(7)2-1-3-6/h4,7H,1-3,6H2. The molecule has 0 heterocycles. The minimum absolute atomic E-state index is 0.207. The Morgan fingerprint density at radius 3 is 2.43 bits per heavy atom. The Morgan fingerprint density at radius 2 is 2.29 bits per heavy atom. The van der Waals surface area contributed by atoms with Gasteiger partial charge in [-0.1, -0.05) is 22.6 Å². The quantitative estimate of drug-likeness (QED) is 0.531. The van der Waals surface area contributed by atoms with Gasteiger partial charge in [0.15, 0.2) is 0 Å². The number of halogens is 1. The zero-order valence-electron chi connectivity index (χ0n) is 4.10. The van der Waals surface area contributed by atoms with Crippen molar-refractivity contribution in [2.45, 2.75) is 17.0 Å². The molecule has 0 radical (unpaired) electrons. The van der Waals surface area contributed by atoms with Crippen LogP contribution in [0.3, 0.4) is 0 Å². The maximum Gasteiger partial charge on any atom is 0.105 e. The lowest BCUT2D eigenvalue weighted by atomic mass is 10.3. The van der Waals surface area contributed by atoms with Gasteiger partial charge in [0.1, 0.15) is 4.11 Å². The summed E-state index contributed by atoms with van der Waals surface area (Å²) in [6, 6.07) is 0. The number of aliphatic hydroxyl groups is 1. The van der Waals surface area contributed by atoms with Gasteiger partial charge in [0.05, 0.1) is 0 Å². The highest BCUT2D eigenvalue weighted by Crippen LogP contribution is 2.01. The van der Waals surface area contributed by atoms with Crippen LogP contribution in [-0.4, -0.2) is 15.8 Å². The van der Waals surface area contributed by atoms with Gasteiger partial charge in [0.25, 0.3) is 0 Å². The van der Waals surface area contributed by atoms with Crippen molar-refractivity contribution < 1.29 is 5.11 Å². The molecule has 0 bridgehead atoms. The molecule has 0 aromatic rings. The molecule has 0 rings (SSSR count). The first kappa shape index (κ1) is 7.65. The van der Waals surface area contributed by atoms with E-state index < -0.39 is 0 Å². The van der Waals surface area contributed by atoms with E-state index in [1.165, 1.54) is 0 Å². The van der Waals surface area contributed by atoms with Gasteiger partial charge in [-0.3, -0.25) is 0 Å². The Bertz CT molecular complexity index is 40.7. The number of aliphatic hydroxyl groups excluding tert-OH is 1. The third-order valence-corrected chi connectivity index (χ3v) is 1.27. The first-order valence-electron chi connectivity index (χ1n) is 2.29. The van der Waals surface area contributed by atoms with Crippen molar-refractivity contribution in [3.8, 4) is 0 Å². The third-order valence-electron chi connectivity index (χ3n) is 0.646. The van der Waals surface area contributed by atoms with Crippen molar-refractivity contribution in [3.63, 3.8) is 0 Å². The summed E-state index contributed by atoms with van der Waals surface area (Å²) in [6.07, 6.45) is 1.74. The Labute approximate surface area is 57.2 Å². The normalized spacial score (nSPS) is 14.1. The van der Waals surface area contributed by atoms with Gasteiger partial charge in [0.2, 0.25) is 0 Å². The first-order valence-corrected chi connectivity index (χ1v) is 3.54. The number of rotatable bonds is 3. The summed E-state index contributed by atoms with van der Waals surface area (Å²) in [4.78, 5) is 0. The molecule has 0 aromatic heterocycles. The van der Waals surface area contributed by atoms with Crippen LogP contribution in [0, 0.1) is 0 Å². The molecule has 3 N–H and O–H groups in total. The summed E-state index contributed by atoms with van der Waals surface area (Å²) in [6.45, 7) is 0.681. The molecule has 0 aromatic carbocycles. The maximum absolute atomic E-state index is 8.61. The average Bonchev–Trinajstić information content (AvgIpc) is 1.61. The molecular weight excluding hydrogens is 205 g/mol. The van der Waals surface area contributed by atoms with Crippen LogP contribution in [0.25, 0.3) is 0 Å². The van der Waals surface area contributed by atoms with E-state index in [-0.39, 0.29) is 4.11 Å². The average molecular weight is 215 g/mol. The van der Waals surface area contributed by atoms with Gasteiger partial charge < -0.3 is 10.8 Å². The zero-order chi connectivity index (χ0) is 5.70. The predicted molar refractivity (Wildman–Crippen MR) is 38.3 cm³/mol.